The molecule has 9 nitrogen and oxygen atoms in total. The molecule has 2 aliphatic heterocycles. The van der Waals surface area contributed by atoms with E-state index >= 15 is 0 Å². The Morgan fingerprint density at radius 2 is 1.74 bits per heavy atom. The minimum Gasteiger partial charge on any atom is -0.377 e. The van der Waals surface area contributed by atoms with Crippen LogP contribution in [0, 0.1) is 5.92 Å². The van der Waals surface area contributed by atoms with Crippen molar-refractivity contribution < 1.29 is 23.8 Å². The number of hydrogen-bond donors (Lipinski definition) is 1. The largest absolute Gasteiger partial charge is 0.377 e. The molecule has 2 atom stereocenters. The topological polar surface area (TPSA) is 93.2 Å². The second kappa shape index (κ2) is 16.6. The van der Waals surface area contributed by atoms with Gasteiger partial charge in [0.1, 0.15) is 0 Å². The molecule has 1 aromatic heterocycles. The number of nitrogens with one attached hydrogen (secondary N) is 1. The van der Waals surface area contributed by atoms with Gasteiger partial charge in [-0.15, -0.1) is 0 Å². The molecule has 252 valence electrons. The normalized spacial score (nSPS) is 20.4. The Kier molecular flexibility index (Phi) is 11.9. The Morgan fingerprint density at radius 1 is 0.957 bits per heavy atom. The second-order valence-corrected chi connectivity index (χ2v) is 13.2. The van der Waals surface area contributed by atoms with Crippen LogP contribution in [0.5, 0.6) is 0 Å². The summed E-state index contributed by atoms with van der Waals surface area (Å²) >= 11 is 0. The number of hydrogen-bond acceptors (Lipinski definition) is 7. The fourth-order valence-electron chi connectivity index (χ4n) is 7.24. The second-order valence-electron chi connectivity index (χ2n) is 13.2. The number of benzene rings is 2. The van der Waals surface area contributed by atoms with Gasteiger partial charge in [-0.25, -0.2) is 4.98 Å². The highest BCUT2D eigenvalue weighted by Crippen LogP contribution is 2.33. The van der Waals surface area contributed by atoms with Gasteiger partial charge in [0.2, 0.25) is 5.91 Å². The number of amides is 2. The first-order valence-corrected chi connectivity index (χ1v) is 17.7. The number of rotatable bonds is 13. The van der Waals surface area contributed by atoms with Crippen LogP contribution in [0.4, 0.5) is 0 Å². The van der Waals surface area contributed by atoms with Crippen LogP contribution in [0.15, 0.2) is 54.6 Å². The third-order valence-electron chi connectivity index (χ3n) is 9.94. The van der Waals surface area contributed by atoms with E-state index in [2.05, 4.69) is 17.1 Å². The Balaban J connectivity index is 1.15. The van der Waals surface area contributed by atoms with Crippen LogP contribution in [0.25, 0.3) is 22.2 Å². The van der Waals surface area contributed by atoms with Gasteiger partial charge in [-0.3, -0.25) is 14.5 Å². The minimum absolute atomic E-state index is 0.0602. The number of nitrogens with zero attached hydrogens (tertiary/aromatic N) is 3. The summed E-state index contributed by atoms with van der Waals surface area (Å²) in [7, 11) is 0. The number of aromatic nitrogens is 1. The summed E-state index contributed by atoms with van der Waals surface area (Å²) in [6.45, 7) is 6.95. The van der Waals surface area contributed by atoms with Crippen LogP contribution in [0.2, 0.25) is 0 Å². The Morgan fingerprint density at radius 3 is 2.53 bits per heavy atom. The molecule has 1 saturated carbocycles. The molecule has 6 rings (SSSR count). The summed E-state index contributed by atoms with van der Waals surface area (Å²) < 4.78 is 17.1. The maximum atomic E-state index is 14.3. The molecule has 3 fully saturated rings. The maximum Gasteiger partial charge on any atom is 0.252 e. The quantitative estimate of drug-likeness (QED) is 0.236. The van der Waals surface area contributed by atoms with Crippen molar-refractivity contribution in [3.8, 4) is 11.3 Å². The Hall–Kier alpha value is -3.37. The van der Waals surface area contributed by atoms with Gasteiger partial charge in [0.05, 0.1) is 43.1 Å². The molecule has 3 aromatic rings. The van der Waals surface area contributed by atoms with Crippen molar-refractivity contribution >= 4 is 22.7 Å². The van der Waals surface area contributed by atoms with Crippen molar-refractivity contribution in [1.29, 1.82) is 0 Å². The van der Waals surface area contributed by atoms with E-state index in [0.717, 1.165) is 66.4 Å². The van der Waals surface area contributed by atoms with Crippen molar-refractivity contribution in [2.75, 3.05) is 52.6 Å². The van der Waals surface area contributed by atoms with Crippen LogP contribution in [0.3, 0.4) is 0 Å². The van der Waals surface area contributed by atoms with E-state index in [-0.39, 0.29) is 30.7 Å². The van der Waals surface area contributed by atoms with Crippen LogP contribution in [-0.4, -0.2) is 91.5 Å². The Bertz CT molecular complexity index is 1470. The summed E-state index contributed by atoms with van der Waals surface area (Å²) in [6.07, 6.45) is 9.09. The number of para-hydroxylation sites is 1. The van der Waals surface area contributed by atoms with Crippen LogP contribution >= 0.6 is 0 Å². The molecule has 0 spiro atoms. The fourth-order valence-corrected chi connectivity index (χ4v) is 7.24. The minimum atomic E-state index is -0.117. The fraction of sp³-hybridized carbons (Fsp3) is 0.553. The average Bonchev–Trinajstić information content (AvgIpc) is 3.11. The van der Waals surface area contributed by atoms with Crippen molar-refractivity contribution in [3.63, 3.8) is 0 Å². The summed E-state index contributed by atoms with van der Waals surface area (Å²) in [5.74, 6) is 0.500. The summed E-state index contributed by atoms with van der Waals surface area (Å²) in [6, 6.07) is 18.1. The first kappa shape index (κ1) is 33.5. The first-order valence-electron chi connectivity index (χ1n) is 17.7. The van der Waals surface area contributed by atoms with E-state index in [1.54, 1.807) is 0 Å². The smallest absolute Gasteiger partial charge is 0.252 e. The molecule has 3 aliphatic rings. The van der Waals surface area contributed by atoms with E-state index in [9.17, 15) is 9.59 Å². The lowest BCUT2D eigenvalue weighted by molar-refractivity contribution is -0.169. The molecule has 1 unspecified atom stereocenters. The monoisotopic (exact) mass is 642 g/mol. The van der Waals surface area contributed by atoms with Gasteiger partial charge in [0.25, 0.3) is 5.91 Å². The number of ether oxygens (including phenoxy) is 3. The number of piperazine rings is 1. The molecule has 3 heterocycles. The van der Waals surface area contributed by atoms with E-state index in [1.807, 2.05) is 59.5 Å². The van der Waals surface area contributed by atoms with Gasteiger partial charge < -0.3 is 24.4 Å². The third-order valence-corrected chi connectivity index (χ3v) is 9.94. The van der Waals surface area contributed by atoms with Gasteiger partial charge in [-0.1, -0.05) is 67.8 Å². The highest BCUT2D eigenvalue weighted by molar-refractivity contribution is 6.09. The zero-order valence-corrected chi connectivity index (χ0v) is 27.8. The highest BCUT2D eigenvalue weighted by Gasteiger charge is 2.29. The Labute approximate surface area is 278 Å². The van der Waals surface area contributed by atoms with Gasteiger partial charge in [0.15, 0.2) is 6.29 Å². The van der Waals surface area contributed by atoms with Crippen molar-refractivity contribution in [2.24, 2.45) is 5.92 Å². The molecule has 0 radical (unpaired) electrons. The zero-order valence-electron chi connectivity index (χ0n) is 27.8. The van der Waals surface area contributed by atoms with Gasteiger partial charge in [0, 0.05) is 55.3 Å². The number of carbonyl (C=O) groups excluding carboxylic acids is 2. The van der Waals surface area contributed by atoms with Crippen LogP contribution < -0.4 is 5.32 Å². The summed E-state index contributed by atoms with van der Waals surface area (Å²) in [5, 5.41) is 4.24. The summed E-state index contributed by atoms with van der Waals surface area (Å²) in [4.78, 5) is 36.8. The van der Waals surface area contributed by atoms with Crippen LogP contribution in [0.1, 0.15) is 74.2 Å². The highest BCUT2D eigenvalue weighted by atomic mass is 16.7. The first-order chi connectivity index (χ1) is 23.1. The van der Waals surface area contributed by atoms with Gasteiger partial charge in [-0.2, -0.15) is 0 Å². The molecule has 0 bridgehead atoms. The molecule has 2 amide bonds. The van der Waals surface area contributed by atoms with Crippen molar-refractivity contribution in [3.05, 3.63) is 65.7 Å². The molecular weight excluding hydrogens is 592 g/mol. The van der Waals surface area contributed by atoms with E-state index in [4.69, 9.17) is 19.2 Å². The zero-order chi connectivity index (χ0) is 32.4. The lowest BCUT2D eigenvalue weighted by Crippen LogP contribution is -2.51. The molecule has 1 aliphatic carbocycles. The predicted molar refractivity (Wildman–Crippen MR) is 183 cm³/mol. The molecule has 47 heavy (non-hydrogen) atoms. The third kappa shape index (κ3) is 8.76. The lowest BCUT2D eigenvalue weighted by Gasteiger charge is -2.35. The van der Waals surface area contributed by atoms with E-state index in [1.165, 1.54) is 19.3 Å². The maximum absolute atomic E-state index is 14.3. The number of pyridine rings is 1. The van der Waals surface area contributed by atoms with E-state index in [0.29, 0.717) is 57.5 Å². The van der Waals surface area contributed by atoms with Crippen LogP contribution in [-0.2, 0) is 25.5 Å². The number of carbonyl (C=O) groups is 2. The van der Waals surface area contributed by atoms with Crippen molar-refractivity contribution in [1.82, 2.24) is 20.1 Å². The standard InChI is InChI=1S/C38H50N4O5/c1-28(29-12-4-2-5-13-29)39-38(44)36-31-16-8-9-17-33(31)40-37(30-14-6-3-7-15-30)32(36)26-41-19-20-42(34(43)27-41)21-23-45-24-25-47-35-18-10-11-22-46-35/h3,6-9,14-17,28-29,35H,2,4-5,10-13,18-27H2,1H3,(H,39,44)/t28?,35-/m0/s1. The van der Waals surface area contributed by atoms with E-state index < -0.39 is 0 Å². The number of fused-ring (bicyclic) bond motifs is 1. The molecule has 2 saturated heterocycles. The van der Waals surface area contributed by atoms with Gasteiger partial charge in [-0.05, 0) is 51.0 Å². The predicted octanol–water partition coefficient (Wildman–Crippen LogP) is 5.80. The summed E-state index contributed by atoms with van der Waals surface area (Å²) in [5.41, 5.74) is 4.09. The SMILES string of the molecule is CC(NC(=O)c1c(CN2CCN(CCOCCO[C@H]3CCCCO3)C(=O)C2)c(-c2ccccc2)nc2ccccc12)C1CCCCC1. The molecule has 2 aromatic carbocycles. The van der Waals surface area contributed by atoms with Crippen molar-refractivity contribution in [2.45, 2.75) is 77.2 Å². The lowest BCUT2D eigenvalue weighted by atomic mass is 9.84. The van der Waals surface area contributed by atoms with Gasteiger partial charge >= 0.3 is 0 Å². The molecule has 1 N–H and O–H groups in total. The molecular formula is C38H50N4O5. The molecule has 9 heteroatoms. The average molecular weight is 643 g/mol.